The van der Waals surface area contributed by atoms with Gasteiger partial charge < -0.3 is 11.1 Å². The summed E-state index contributed by atoms with van der Waals surface area (Å²) in [6, 6.07) is 4.35. The minimum absolute atomic E-state index is 0.164. The van der Waals surface area contributed by atoms with Crippen molar-refractivity contribution in [1.29, 1.82) is 0 Å². The smallest absolute Gasteiger partial charge is 0.124 e. The average Bonchev–Trinajstić information content (AvgIpc) is 2.85. The summed E-state index contributed by atoms with van der Waals surface area (Å²) in [5.41, 5.74) is 6.45. The predicted molar refractivity (Wildman–Crippen MR) is 81.1 cm³/mol. The number of halogens is 1. The van der Waals surface area contributed by atoms with Crippen molar-refractivity contribution in [2.45, 2.75) is 19.4 Å². The molecule has 0 bridgehead atoms. The Morgan fingerprint density at radius 2 is 2.21 bits per heavy atom. The van der Waals surface area contributed by atoms with Crippen molar-refractivity contribution in [2.75, 3.05) is 5.32 Å². The highest BCUT2D eigenvalue weighted by Crippen LogP contribution is 2.29. The fourth-order valence-electron chi connectivity index (χ4n) is 1.75. The van der Waals surface area contributed by atoms with E-state index in [1.807, 2.05) is 19.2 Å². The number of aromatic nitrogens is 1. The Bertz CT molecular complexity index is 594. The molecule has 3 N–H and O–H groups in total. The lowest BCUT2D eigenvalue weighted by molar-refractivity contribution is 0.602. The molecule has 3 nitrogen and oxygen atoms in total. The number of hydrogen-bond acceptors (Lipinski definition) is 4. The fourth-order valence-corrected chi connectivity index (χ4v) is 2.64. The first-order chi connectivity index (χ1) is 8.90. The second kappa shape index (κ2) is 5.22. The van der Waals surface area contributed by atoms with Crippen LogP contribution >= 0.6 is 23.6 Å². The van der Waals surface area contributed by atoms with Crippen LogP contribution in [0.3, 0.4) is 0 Å². The Labute approximate surface area is 120 Å². The average molecular weight is 295 g/mol. The maximum atomic E-state index is 13.3. The first-order valence-electron chi connectivity index (χ1n) is 5.67. The van der Waals surface area contributed by atoms with Gasteiger partial charge in [0.15, 0.2) is 0 Å². The molecule has 0 aliphatic carbocycles. The second-order valence-electron chi connectivity index (χ2n) is 4.64. The van der Waals surface area contributed by atoms with Crippen LogP contribution < -0.4 is 11.1 Å². The van der Waals surface area contributed by atoms with E-state index in [1.165, 1.54) is 12.1 Å². The summed E-state index contributed by atoms with van der Waals surface area (Å²) in [5.74, 6) is -0.361. The van der Waals surface area contributed by atoms with Crippen LogP contribution in [0.15, 0.2) is 29.8 Å². The summed E-state index contributed by atoms with van der Waals surface area (Å²) in [4.78, 5) is 4.46. The van der Waals surface area contributed by atoms with Gasteiger partial charge in [-0.2, -0.15) is 0 Å². The van der Waals surface area contributed by atoms with Crippen LogP contribution in [0, 0.1) is 5.82 Å². The predicted octanol–water partition coefficient (Wildman–Crippen LogP) is 3.26. The lowest BCUT2D eigenvalue weighted by atomic mass is 10.0. The number of anilines is 1. The largest absolute Gasteiger partial charge is 0.389 e. The molecule has 0 unspecified atom stereocenters. The summed E-state index contributed by atoms with van der Waals surface area (Å²) in [6.45, 7) is 4.00. The number of nitrogens with zero attached hydrogens (tertiary/aromatic N) is 1. The zero-order chi connectivity index (χ0) is 14.0. The normalized spacial score (nSPS) is 11.3. The van der Waals surface area contributed by atoms with Crippen molar-refractivity contribution in [3.8, 4) is 0 Å². The van der Waals surface area contributed by atoms with Crippen LogP contribution in [0.5, 0.6) is 0 Å². The van der Waals surface area contributed by atoms with Gasteiger partial charge in [0.25, 0.3) is 0 Å². The standard InChI is InChI=1S/C13H14FN3S2/c1-13(2,12-16-5-6-19-12)17-10-4-3-8(14)7-9(10)11(15)18/h3-7,17H,1-2H3,(H2,15,18). The topological polar surface area (TPSA) is 50.9 Å². The molecule has 2 aromatic rings. The van der Waals surface area contributed by atoms with Crippen molar-refractivity contribution >= 4 is 34.2 Å². The van der Waals surface area contributed by atoms with E-state index in [9.17, 15) is 4.39 Å². The number of thiocarbonyl (C=S) groups is 1. The van der Waals surface area contributed by atoms with Gasteiger partial charge in [-0.1, -0.05) is 12.2 Å². The van der Waals surface area contributed by atoms with Crippen LogP contribution in [0.4, 0.5) is 10.1 Å². The molecule has 2 rings (SSSR count). The summed E-state index contributed by atoms with van der Waals surface area (Å²) in [5, 5.41) is 6.16. The van der Waals surface area contributed by atoms with E-state index < -0.39 is 0 Å². The lowest BCUT2D eigenvalue weighted by Gasteiger charge is -2.26. The minimum Gasteiger partial charge on any atom is -0.389 e. The number of nitrogens with two attached hydrogens (primary N) is 1. The molecule has 0 fully saturated rings. The summed E-state index contributed by atoms with van der Waals surface area (Å²) in [6.07, 6.45) is 1.75. The van der Waals surface area contributed by atoms with Crippen LogP contribution in [-0.4, -0.2) is 9.97 Å². The molecule has 1 aromatic heterocycles. The van der Waals surface area contributed by atoms with E-state index in [-0.39, 0.29) is 16.3 Å². The van der Waals surface area contributed by atoms with Gasteiger partial charge in [-0.3, -0.25) is 0 Å². The molecule has 0 amide bonds. The van der Waals surface area contributed by atoms with Crippen molar-refractivity contribution in [2.24, 2.45) is 5.73 Å². The summed E-state index contributed by atoms with van der Waals surface area (Å²) < 4.78 is 13.3. The molecular formula is C13H14FN3S2. The monoisotopic (exact) mass is 295 g/mol. The lowest BCUT2D eigenvalue weighted by Crippen LogP contribution is -2.29. The van der Waals surface area contributed by atoms with Crippen LogP contribution in [0.1, 0.15) is 24.4 Å². The molecule has 0 radical (unpaired) electrons. The molecule has 6 heteroatoms. The maximum absolute atomic E-state index is 13.3. The van der Waals surface area contributed by atoms with E-state index in [4.69, 9.17) is 18.0 Å². The minimum atomic E-state index is -0.383. The van der Waals surface area contributed by atoms with Gasteiger partial charge in [0.05, 0.1) is 5.54 Å². The van der Waals surface area contributed by atoms with Gasteiger partial charge in [-0.15, -0.1) is 11.3 Å². The molecule has 1 aromatic carbocycles. The van der Waals surface area contributed by atoms with E-state index in [2.05, 4.69) is 10.3 Å². The van der Waals surface area contributed by atoms with E-state index in [0.717, 1.165) is 5.01 Å². The third-order valence-corrected chi connectivity index (χ3v) is 3.98. The molecule has 19 heavy (non-hydrogen) atoms. The fraction of sp³-hybridized carbons (Fsp3) is 0.231. The molecule has 100 valence electrons. The van der Waals surface area contributed by atoms with Gasteiger partial charge in [0.2, 0.25) is 0 Å². The number of thiazole rings is 1. The number of rotatable bonds is 4. The summed E-state index contributed by atoms with van der Waals surface area (Å²) in [7, 11) is 0. The van der Waals surface area contributed by atoms with Crippen LogP contribution in [0.25, 0.3) is 0 Å². The second-order valence-corrected chi connectivity index (χ2v) is 5.98. The molecule has 0 atom stereocenters. The number of hydrogen-bond donors (Lipinski definition) is 2. The van der Waals surface area contributed by atoms with Crippen molar-refractivity contribution in [1.82, 2.24) is 4.98 Å². The molecule has 0 aliphatic rings. The molecular weight excluding hydrogens is 281 g/mol. The quantitative estimate of drug-likeness (QED) is 0.850. The van der Waals surface area contributed by atoms with Gasteiger partial charge in [0, 0.05) is 22.8 Å². The molecule has 0 spiro atoms. The Balaban J connectivity index is 2.36. The van der Waals surface area contributed by atoms with Crippen molar-refractivity contribution in [3.05, 3.63) is 46.2 Å². The Morgan fingerprint density at radius 1 is 1.47 bits per heavy atom. The maximum Gasteiger partial charge on any atom is 0.124 e. The van der Waals surface area contributed by atoms with Crippen molar-refractivity contribution in [3.63, 3.8) is 0 Å². The number of nitrogens with one attached hydrogen (secondary N) is 1. The number of benzene rings is 1. The molecule has 0 saturated heterocycles. The molecule has 0 saturated carbocycles. The molecule has 0 aliphatic heterocycles. The Morgan fingerprint density at radius 3 is 2.79 bits per heavy atom. The van der Waals surface area contributed by atoms with Crippen molar-refractivity contribution < 1.29 is 4.39 Å². The zero-order valence-corrected chi connectivity index (χ0v) is 12.2. The first kappa shape index (κ1) is 13.9. The third-order valence-electron chi connectivity index (χ3n) is 2.66. The highest BCUT2D eigenvalue weighted by molar-refractivity contribution is 7.80. The van der Waals surface area contributed by atoms with Gasteiger partial charge in [0.1, 0.15) is 15.8 Å². The Hall–Kier alpha value is -1.53. The van der Waals surface area contributed by atoms with E-state index >= 15 is 0 Å². The van der Waals surface area contributed by atoms with Gasteiger partial charge >= 0.3 is 0 Å². The highest BCUT2D eigenvalue weighted by Gasteiger charge is 2.24. The Kier molecular flexibility index (Phi) is 3.82. The van der Waals surface area contributed by atoms with E-state index in [1.54, 1.807) is 23.6 Å². The third kappa shape index (κ3) is 3.08. The van der Waals surface area contributed by atoms with E-state index in [0.29, 0.717) is 11.3 Å². The van der Waals surface area contributed by atoms with Crippen LogP contribution in [-0.2, 0) is 5.54 Å². The highest BCUT2D eigenvalue weighted by atomic mass is 32.1. The van der Waals surface area contributed by atoms with Gasteiger partial charge in [-0.25, -0.2) is 9.37 Å². The van der Waals surface area contributed by atoms with Gasteiger partial charge in [-0.05, 0) is 32.0 Å². The summed E-state index contributed by atoms with van der Waals surface area (Å²) >= 11 is 6.51. The SMILES string of the molecule is CC(C)(Nc1ccc(F)cc1C(N)=S)c1nccs1. The zero-order valence-electron chi connectivity index (χ0n) is 10.6. The molecule has 1 heterocycles. The first-order valence-corrected chi connectivity index (χ1v) is 6.96. The van der Waals surface area contributed by atoms with Crippen LogP contribution in [0.2, 0.25) is 0 Å².